The topological polar surface area (TPSA) is 85.3 Å². The van der Waals surface area contributed by atoms with Crippen molar-refractivity contribution in [1.29, 1.82) is 0 Å². The van der Waals surface area contributed by atoms with Gasteiger partial charge in [-0.1, -0.05) is 20.8 Å². The molecule has 0 spiro atoms. The molecule has 1 aromatic heterocycles. The molecule has 116 valence electrons. The van der Waals surface area contributed by atoms with Crippen molar-refractivity contribution in [1.82, 2.24) is 4.72 Å². The Kier molecular flexibility index (Phi) is 5.12. The number of halogens is 1. The van der Waals surface area contributed by atoms with Crippen molar-refractivity contribution in [3.63, 3.8) is 0 Å². The molecule has 1 aromatic rings. The van der Waals surface area contributed by atoms with Gasteiger partial charge >= 0.3 is 0 Å². The van der Waals surface area contributed by atoms with Gasteiger partial charge in [-0.25, -0.2) is 13.1 Å². The van der Waals surface area contributed by atoms with Gasteiger partial charge < -0.3 is 10.2 Å². The second-order valence-corrected chi connectivity index (χ2v) is 9.15. The van der Waals surface area contributed by atoms with Crippen LogP contribution in [0, 0.1) is 5.41 Å². The number of sulfonamides is 1. The third-order valence-corrected chi connectivity index (χ3v) is 5.14. The summed E-state index contributed by atoms with van der Waals surface area (Å²) in [6.07, 6.45) is 0.707. The van der Waals surface area contributed by atoms with Crippen LogP contribution in [-0.4, -0.2) is 14.0 Å². The van der Waals surface area contributed by atoms with Gasteiger partial charge in [-0.3, -0.25) is 0 Å². The number of nitrogens with one attached hydrogen (secondary N) is 1. The lowest BCUT2D eigenvalue weighted by Crippen LogP contribution is -2.45. The number of rotatable bonds is 5. The Bertz CT molecular complexity index is 571. The number of nitrogens with two attached hydrogens (primary N) is 1. The summed E-state index contributed by atoms with van der Waals surface area (Å²) in [5, 5.41) is 0. The van der Waals surface area contributed by atoms with Crippen molar-refractivity contribution in [2.75, 3.05) is 0 Å². The first kappa shape index (κ1) is 17.7. The van der Waals surface area contributed by atoms with Gasteiger partial charge in [0.1, 0.15) is 10.7 Å². The number of hydrogen-bond acceptors (Lipinski definition) is 4. The van der Waals surface area contributed by atoms with Crippen LogP contribution in [0.15, 0.2) is 20.0 Å². The molecular weight excluding hydrogens is 344 g/mol. The van der Waals surface area contributed by atoms with Gasteiger partial charge in [-0.05, 0) is 41.6 Å². The largest absolute Gasteiger partial charge is 0.452 e. The first-order valence-corrected chi connectivity index (χ1v) is 8.66. The summed E-state index contributed by atoms with van der Waals surface area (Å²) in [7, 11) is -3.66. The lowest BCUT2D eigenvalue weighted by atomic mass is 9.82. The predicted molar refractivity (Wildman–Crippen MR) is 82.8 cm³/mol. The molecular formula is C13H23BrN2O3S. The fourth-order valence-electron chi connectivity index (χ4n) is 2.46. The van der Waals surface area contributed by atoms with Gasteiger partial charge in [0, 0.05) is 11.6 Å². The molecule has 0 aliphatic carbocycles. The molecule has 1 rings (SSSR count). The van der Waals surface area contributed by atoms with Crippen LogP contribution in [0.2, 0.25) is 0 Å². The second kappa shape index (κ2) is 5.79. The molecule has 0 radical (unpaired) electrons. The minimum absolute atomic E-state index is 0.0159. The molecule has 0 saturated carbocycles. The van der Waals surface area contributed by atoms with Gasteiger partial charge in [0.2, 0.25) is 10.0 Å². The van der Waals surface area contributed by atoms with Crippen molar-refractivity contribution in [2.45, 2.75) is 58.0 Å². The highest BCUT2D eigenvalue weighted by Gasteiger charge is 2.32. The average Bonchev–Trinajstić information content (AvgIpc) is 2.54. The first-order chi connectivity index (χ1) is 8.86. The van der Waals surface area contributed by atoms with Crippen molar-refractivity contribution in [3.05, 3.63) is 16.5 Å². The zero-order chi connectivity index (χ0) is 15.8. The van der Waals surface area contributed by atoms with Crippen molar-refractivity contribution < 1.29 is 12.8 Å². The molecule has 0 atom stereocenters. The van der Waals surface area contributed by atoms with Gasteiger partial charge in [-0.2, -0.15) is 0 Å². The Hall–Kier alpha value is -0.370. The Morgan fingerprint density at radius 1 is 1.30 bits per heavy atom. The van der Waals surface area contributed by atoms with E-state index in [1.807, 2.05) is 13.8 Å². The van der Waals surface area contributed by atoms with Gasteiger partial charge in [0.25, 0.3) is 0 Å². The highest BCUT2D eigenvalue weighted by Crippen LogP contribution is 2.30. The van der Waals surface area contributed by atoms with E-state index in [2.05, 4.69) is 41.4 Å². The molecule has 0 unspecified atom stereocenters. The molecule has 7 heteroatoms. The highest BCUT2D eigenvalue weighted by molar-refractivity contribution is 9.10. The van der Waals surface area contributed by atoms with Crippen LogP contribution < -0.4 is 10.5 Å². The molecule has 0 aliphatic rings. The van der Waals surface area contributed by atoms with E-state index in [0.717, 1.165) is 0 Å². The lowest BCUT2D eigenvalue weighted by molar-refractivity contribution is 0.269. The van der Waals surface area contributed by atoms with E-state index in [0.29, 0.717) is 12.2 Å². The maximum Gasteiger partial charge on any atom is 0.245 e. The van der Waals surface area contributed by atoms with E-state index in [-0.39, 0.29) is 21.5 Å². The van der Waals surface area contributed by atoms with Crippen LogP contribution in [0.1, 0.15) is 46.8 Å². The third kappa shape index (κ3) is 4.87. The van der Waals surface area contributed by atoms with E-state index < -0.39 is 15.6 Å². The zero-order valence-corrected chi connectivity index (χ0v) is 15.0. The van der Waals surface area contributed by atoms with E-state index in [4.69, 9.17) is 10.2 Å². The normalized spacial score (nSPS) is 13.8. The SMILES string of the molecule is CC(C)(C)CC(C)(C)NS(=O)(=O)c1cc(CN)oc1Br. The molecule has 0 aliphatic heterocycles. The van der Waals surface area contributed by atoms with Crippen molar-refractivity contribution >= 4 is 26.0 Å². The molecule has 0 bridgehead atoms. The molecule has 0 fully saturated rings. The minimum atomic E-state index is -3.66. The molecule has 0 aromatic carbocycles. The average molecular weight is 367 g/mol. The summed E-state index contributed by atoms with van der Waals surface area (Å²) in [5.74, 6) is 0.422. The van der Waals surface area contributed by atoms with E-state index in [1.165, 1.54) is 6.07 Å². The number of hydrogen-bond donors (Lipinski definition) is 2. The maximum absolute atomic E-state index is 12.4. The van der Waals surface area contributed by atoms with Gasteiger partial charge in [-0.15, -0.1) is 0 Å². The third-order valence-electron chi connectivity index (χ3n) is 2.58. The minimum Gasteiger partial charge on any atom is -0.452 e. The van der Waals surface area contributed by atoms with Crippen LogP contribution in [-0.2, 0) is 16.6 Å². The van der Waals surface area contributed by atoms with Crippen molar-refractivity contribution in [2.24, 2.45) is 11.1 Å². The molecule has 20 heavy (non-hydrogen) atoms. The highest BCUT2D eigenvalue weighted by atomic mass is 79.9. The maximum atomic E-state index is 12.4. The Morgan fingerprint density at radius 3 is 2.25 bits per heavy atom. The van der Waals surface area contributed by atoms with E-state index in [1.54, 1.807) is 0 Å². The van der Waals surface area contributed by atoms with Crippen LogP contribution in [0.4, 0.5) is 0 Å². The summed E-state index contributed by atoms with van der Waals surface area (Å²) in [5.41, 5.74) is 4.91. The van der Waals surface area contributed by atoms with Crippen molar-refractivity contribution in [3.8, 4) is 0 Å². The molecule has 5 nitrogen and oxygen atoms in total. The van der Waals surface area contributed by atoms with E-state index in [9.17, 15) is 8.42 Å². The monoisotopic (exact) mass is 366 g/mol. The second-order valence-electron chi connectivity index (χ2n) is 6.78. The predicted octanol–water partition coefficient (Wildman–Crippen LogP) is 2.99. The zero-order valence-electron chi connectivity index (χ0n) is 12.6. The smallest absolute Gasteiger partial charge is 0.245 e. The van der Waals surface area contributed by atoms with Crippen LogP contribution in [0.3, 0.4) is 0 Å². The Labute approximate surface area is 129 Å². The van der Waals surface area contributed by atoms with E-state index >= 15 is 0 Å². The standard InChI is InChI=1S/C13H23BrN2O3S/c1-12(2,3)8-13(4,5)16-20(17,18)10-6-9(7-15)19-11(10)14/h6,16H,7-8,15H2,1-5H3. The summed E-state index contributed by atoms with van der Waals surface area (Å²) in [6, 6.07) is 1.44. The van der Waals surface area contributed by atoms with Crippen LogP contribution >= 0.6 is 15.9 Å². The van der Waals surface area contributed by atoms with Gasteiger partial charge in [0.05, 0.1) is 6.54 Å². The van der Waals surface area contributed by atoms with Crippen LogP contribution in [0.5, 0.6) is 0 Å². The summed E-state index contributed by atoms with van der Waals surface area (Å²) in [6.45, 7) is 10.1. The fraction of sp³-hybridized carbons (Fsp3) is 0.692. The Balaban J connectivity index is 3.03. The summed E-state index contributed by atoms with van der Waals surface area (Å²) >= 11 is 3.12. The Morgan fingerprint density at radius 2 is 1.85 bits per heavy atom. The molecule has 1 heterocycles. The molecule has 0 amide bonds. The quantitative estimate of drug-likeness (QED) is 0.838. The molecule has 0 saturated heterocycles. The first-order valence-electron chi connectivity index (χ1n) is 6.39. The molecule has 3 N–H and O–H groups in total. The fourth-order valence-corrected chi connectivity index (χ4v) is 4.87. The lowest BCUT2D eigenvalue weighted by Gasteiger charge is -2.32. The van der Waals surface area contributed by atoms with Gasteiger partial charge in [0.15, 0.2) is 4.67 Å². The summed E-state index contributed by atoms with van der Waals surface area (Å²) < 4.78 is 33.0. The number of furan rings is 1. The summed E-state index contributed by atoms with van der Waals surface area (Å²) in [4.78, 5) is 0.0833. The van der Waals surface area contributed by atoms with Crippen LogP contribution in [0.25, 0.3) is 0 Å².